The Morgan fingerprint density at radius 2 is 1.77 bits per heavy atom. The van der Waals surface area contributed by atoms with Crippen molar-refractivity contribution in [3.8, 4) is 5.75 Å². The van der Waals surface area contributed by atoms with Gasteiger partial charge >= 0.3 is 17.6 Å². The highest BCUT2D eigenvalue weighted by molar-refractivity contribution is 5.84. The molecule has 0 saturated carbocycles. The molecule has 0 unspecified atom stereocenters. The lowest BCUT2D eigenvalue weighted by Gasteiger charge is -2.13. The number of esters is 2. The Morgan fingerprint density at radius 3 is 2.47 bits per heavy atom. The number of ether oxygens (including phenoxy) is 2. The molecule has 30 heavy (non-hydrogen) atoms. The van der Waals surface area contributed by atoms with E-state index in [1.807, 2.05) is 30.3 Å². The zero-order valence-corrected chi connectivity index (χ0v) is 17.3. The summed E-state index contributed by atoms with van der Waals surface area (Å²) < 4.78 is 16.1. The van der Waals surface area contributed by atoms with E-state index in [-0.39, 0.29) is 30.7 Å². The van der Waals surface area contributed by atoms with Gasteiger partial charge in [0.2, 0.25) is 0 Å². The van der Waals surface area contributed by atoms with Crippen LogP contribution in [-0.4, -0.2) is 18.0 Å². The van der Waals surface area contributed by atoms with Crippen LogP contribution >= 0.6 is 0 Å². The average Bonchev–Trinajstić information content (AvgIpc) is 2.66. The summed E-state index contributed by atoms with van der Waals surface area (Å²) in [6, 6.07) is 14.0. The quantitative estimate of drug-likeness (QED) is 0.332. The van der Waals surface area contributed by atoms with Crippen molar-refractivity contribution in [1.82, 2.24) is 0 Å². The monoisotopic (exact) mass is 408 g/mol. The minimum atomic E-state index is -0.477. The van der Waals surface area contributed by atoms with Crippen LogP contribution in [0.1, 0.15) is 37.0 Å². The number of fused-ring (bicyclic) bond motifs is 1. The molecule has 0 radical (unpaired) electrons. The lowest BCUT2D eigenvalue weighted by Crippen LogP contribution is -2.14. The van der Waals surface area contributed by atoms with Gasteiger partial charge in [0, 0.05) is 23.9 Å². The average molecular weight is 408 g/mol. The van der Waals surface area contributed by atoms with E-state index in [2.05, 4.69) is 0 Å². The lowest BCUT2D eigenvalue weighted by atomic mass is 10.0. The van der Waals surface area contributed by atoms with Crippen LogP contribution in [0.3, 0.4) is 0 Å². The van der Waals surface area contributed by atoms with Crippen LogP contribution in [0.25, 0.3) is 11.0 Å². The van der Waals surface area contributed by atoms with E-state index in [1.165, 1.54) is 12.1 Å². The number of benzene rings is 2. The maximum absolute atomic E-state index is 12.5. The number of hydrogen-bond acceptors (Lipinski definition) is 6. The van der Waals surface area contributed by atoms with Gasteiger partial charge < -0.3 is 13.9 Å². The first-order valence-electron chi connectivity index (χ1n) is 9.83. The Balaban J connectivity index is 1.89. The van der Waals surface area contributed by atoms with Gasteiger partial charge in [0.05, 0.1) is 12.5 Å². The number of aryl methyl sites for hydroxylation is 2. The van der Waals surface area contributed by atoms with E-state index in [0.29, 0.717) is 17.6 Å². The molecule has 3 rings (SSSR count). The Morgan fingerprint density at radius 1 is 1.03 bits per heavy atom. The highest BCUT2D eigenvalue weighted by Crippen LogP contribution is 2.29. The van der Waals surface area contributed by atoms with Crippen molar-refractivity contribution >= 4 is 22.9 Å². The lowest BCUT2D eigenvalue weighted by molar-refractivity contribution is -0.147. The predicted molar refractivity (Wildman–Crippen MR) is 113 cm³/mol. The normalized spacial score (nSPS) is 10.9. The number of carbonyl (C=O) groups is 2. The summed E-state index contributed by atoms with van der Waals surface area (Å²) in [5, 5.41) is 0.727. The third-order valence-corrected chi connectivity index (χ3v) is 4.51. The molecule has 0 atom stereocenters. The maximum Gasteiger partial charge on any atom is 0.336 e. The summed E-state index contributed by atoms with van der Waals surface area (Å²) in [7, 11) is 0. The van der Waals surface area contributed by atoms with Gasteiger partial charge in [-0.25, -0.2) is 4.79 Å². The van der Waals surface area contributed by atoms with E-state index in [4.69, 9.17) is 13.9 Å². The Hall–Kier alpha value is -3.41. The van der Waals surface area contributed by atoms with Gasteiger partial charge in [0.1, 0.15) is 11.3 Å². The summed E-state index contributed by atoms with van der Waals surface area (Å²) in [5.41, 5.74) is 2.09. The first kappa shape index (κ1) is 21.3. The summed E-state index contributed by atoms with van der Waals surface area (Å²) in [6.07, 6.45) is 0.371. The molecule has 0 bridgehead atoms. The van der Waals surface area contributed by atoms with Crippen molar-refractivity contribution in [3.05, 3.63) is 75.6 Å². The topological polar surface area (TPSA) is 82.8 Å². The second-order valence-electron chi connectivity index (χ2n) is 7.38. The van der Waals surface area contributed by atoms with Gasteiger partial charge in [-0.2, -0.15) is 0 Å². The molecule has 156 valence electrons. The molecule has 0 aliphatic rings. The van der Waals surface area contributed by atoms with Gasteiger partial charge in [-0.1, -0.05) is 30.3 Å². The van der Waals surface area contributed by atoms with Crippen molar-refractivity contribution in [1.29, 1.82) is 0 Å². The standard InChI is InChI=1S/C24H24O6/c1-15(2)28-22(25)10-9-18-13-19-16(3)11-23(26)30-21(19)14-20(18)29-24(27)12-17-7-5-4-6-8-17/h4-8,11,13-15H,9-10,12H2,1-3H3. The first-order chi connectivity index (χ1) is 14.3. The molecule has 0 aliphatic carbocycles. The Labute approximate surface area is 174 Å². The van der Waals surface area contributed by atoms with E-state index < -0.39 is 11.6 Å². The van der Waals surface area contributed by atoms with E-state index >= 15 is 0 Å². The van der Waals surface area contributed by atoms with Crippen LogP contribution in [0.15, 0.2) is 57.7 Å². The largest absolute Gasteiger partial charge is 0.463 e. The molecule has 0 aliphatic heterocycles. The summed E-state index contributed by atoms with van der Waals surface area (Å²) >= 11 is 0. The first-order valence-corrected chi connectivity index (χ1v) is 9.83. The van der Waals surface area contributed by atoms with E-state index in [0.717, 1.165) is 16.5 Å². The zero-order valence-electron chi connectivity index (χ0n) is 17.3. The number of carbonyl (C=O) groups excluding carboxylic acids is 2. The van der Waals surface area contributed by atoms with Crippen LogP contribution in [-0.2, 0) is 27.2 Å². The zero-order chi connectivity index (χ0) is 21.7. The second kappa shape index (κ2) is 9.39. The molecule has 0 spiro atoms. The SMILES string of the molecule is Cc1cc(=O)oc2cc(OC(=O)Cc3ccccc3)c(CCC(=O)OC(C)C)cc12. The molecule has 1 aromatic heterocycles. The van der Waals surface area contributed by atoms with Gasteiger partial charge in [-0.05, 0) is 49.9 Å². The fourth-order valence-corrected chi connectivity index (χ4v) is 3.16. The smallest absolute Gasteiger partial charge is 0.336 e. The number of rotatable bonds is 7. The van der Waals surface area contributed by atoms with E-state index in [1.54, 1.807) is 26.8 Å². The van der Waals surface area contributed by atoms with Gasteiger partial charge in [-0.3, -0.25) is 9.59 Å². The summed E-state index contributed by atoms with van der Waals surface area (Å²) in [6.45, 7) is 5.38. The molecule has 6 nitrogen and oxygen atoms in total. The van der Waals surface area contributed by atoms with Crippen molar-refractivity contribution in [2.24, 2.45) is 0 Å². The predicted octanol–water partition coefficient (Wildman–Crippen LogP) is 4.13. The molecule has 2 aromatic carbocycles. The fraction of sp³-hybridized carbons (Fsp3) is 0.292. The van der Waals surface area contributed by atoms with E-state index in [9.17, 15) is 14.4 Å². The molecular formula is C24H24O6. The molecular weight excluding hydrogens is 384 g/mol. The highest BCUT2D eigenvalue weighted by Gasteiger charge is 2.16. The van der Waals surface area contributed by atoms with Crippen LogP contribution in [0.4, 0.5) is 0 Å². The second-order valence-corrected chi connectivity index (χ2v) is 7.38. The highest BCUT2D eigenvalue weighted by atomic mass is 16.5. The molecule has 0 amide bonds. The minimum Gasteiger partial charge on any atom is -0.463 e. The third-order valence-electron chi connectivity index (χ3n) is 4.51. The summed E-state index contributed by atoms with van der Waals surface area (Å²) in [4.78, 5) is 36.2. The molecule has 1 heterocycles. The third kappa shape index (κ3) is 5.56. The summed E-state index contributed by atoms with van der Waals surface area (Å²) in [5.74, 6) is -0.501. The molecule has 0 fully saturated rings. The van der Waals surface area contributed by atoms with Gasteiger partial charge in [-0.15, -0.1) is 0 Å². The van der Waals surface area contributed by atoms with Crippen LogP contribution in [0, 0.1) is 6.92 Å². The maximum atomic E-state index is 12.5. The van der Waals surface area contributed by atoms with Crippen LogP contribution in [0.5, 0.6) is 5.75 Å². The minimum absolute atomic E-state index is 0.103. The van der Waals surface area contributed by atoms with Gasteiger partial charge in [0.25, 0.3) is 0 Å². The molecule has 6 heteroatoms. The van der Waals surface area contributed by atoms with Crippen molar-refractivity contribution in [2.45, 2.75) is 46.1 Å². The fourth-order valence-electron chi connectivity index (χ4n) is 3.16. The van der Waals surface area contributed by atoms with Crippen molar-refractivity contribution < 1.29 is 23.5 Å². The molecule has 0 saturated heterocycles. The number of hydrogen-bond donors (Lipinski definition) is 0. The van der Waals surface area contributed by atoms with Crippen LogP contribution < -0.4 is 10.4 Å². The van der Waals surface area contributed by atoms with Gasteiger partial charge in [0.15, 0.2) is 0 Å². The van der Waals surface area contributed by atoms with Crippen molar-refractivity contribution in [2.75, 3.05) is 0 Å². The van der Waals surface area contributed by atoms with Crippen LogP contribution in [0.2, 0.25) is 0 Å². The van der Waals surface area contributed by atoms with Crippen molar-refractivity contribution in [3.63, 3.8) is 0 Å². The Kier molecular flexibility index (Phi) is 6.67. The molecule has 0 N–H and O–H groups in total. The Bertz CT molecular complexity index is 1110. The molecule has 3 aromatic rings.